The minimum atomic E-state index is -3.77. The second-order valence-electron chi connectivity index (χ2n) is 14.9. The molecule has 0 aliphatic heterocycles. The number of amides is 1. The predicted molar refractivity (Wildman–Crippen MR) is 218 cm³/mol. The van der Waals surface area contributed by atoms with E-state index in [1.165, 1.54) is 21.5 Å². The molecule has 1 aliphatic rings. The molecule has 1 atom stereocenters. The molecule has 3 heterocycles. The Morgan fingerprint density at radius 2 is 1.70 bits per heavy atom. The number of sulfone groups is 1. The van der Waals surface area contributed by atoms with Crippen LogP contribution in [0.25, 0.3) is 39.0 Å². The van der Waals surface area contributed by atoms with Gasteiger partial charge in [-0.2, -0.15) is 10.2 Å². The summed E-state index contributed by atoms with van der Waals surface area (Å²) in [6, 6.07) is 16.2. The van der Waals surface area contributed by atoms with Crippen LogP contribution in [0.5, 0.6) is 0 Å². The fourth-order valence-corrected chi connectivity index (χ4v) is 9.86. The maximum absolute atomic E-state index is 14.7. The van der Waals surface area contributed by atoms with Crippen LogP contribution in [0.1, 0.15) is 56.6 Å². The Bertz CT molecular complexity index is 2810. The van der Waals surface area contributed by atoms with E-state index in [0.717, 1.165) is 23.2 Å². The number of benzene rings is 3. The Morgan fingerprint density at radius 3 is 2.39 bits per heavy atom. The molecule has 1 saturated carbocycles. The molecule has 0 spiro atoms. The maximum atomic E-state index is 14.7. The Balaban J connectivity index is 1.42. The van der Waals surface area contributed by atoms with Crippen LogP contribution in [-0.4, -0.2) is 63.5 Å². The lowest BCUT2D eigenvalue weighted by Gasteiger charge is -2.26. The smallest absolute Gasteiger partial charge is 0.242 e. The lowest BCUT2D eigenvalue weighted by molar-refractivity contribution is -0.122. The van der Waals surface area contributed by atoms with Crippen LogP contribution in [0.4, 0.5) is 14.6 Å². The molecule has 6 aromatic rings. The molecule has 1 amide bonds. The summed E-state index contributed by atoms with van der Waals surface area (Å²) in [5.74, 6) is -2.10. The highest BCUT2D eigenvalue weighted by molar-refractivity contribution is 7.93. The molecule has 3 aromatic carbocycles. The van der Waals surface area contributed by atoms with E-state index in [2.05, 4.69) is 20.2 Å². The molecular weight excluding hydrogens is 796 g/mol. The SMILES string of the molecule is CC(=Cc1ccc(-c2ccc(Cl)c3c(NS(C)(=O)=O)nn(C)c23)c([C@H](Cc2cc(F)cc(F)c2)NC(=O)Cn2ncc3ccccc32)n1)C(C)(C)S(=O)(=O)C1CC1. The Morgan fingerprint density at radius 1 is 1.02 bits per heavy atom. The van der Waals surface area contributed by atoms with E-state index in [1.54, 1.807) is 64.4 Å². The Hall–Kier alpha value is -5.19. The van der Waals surface area contributed by atoms with Gasteiger partial charge in [-0.1, -0.05) is 47.5 Å². The van der Waals surface area contributed by atoms with Crippen molar-refractivity contribution in [2.75, 3.05) is 11.0 Å². The first kappa shape index (κ1) is 40.0. The summed E-state index contributed by atoms with van der Waals surface area (Å²) in [5.41, 5.74) is 3.50. The zero-order chi connectivity index (χ0) is 41.0. The molecule has 1 aliphatic carbocycles. The van der Waals surface area contributed by atoms with E-state index in [4.69, 9.17) is 16.6 Å². The summed E-state index contributed by atoms with van der Waals surface area (Å²) in [6.45, 7) is 4.86. The molecule has 1 fully saturated rings. The zero-order valence-corrected chi connectivity index (χ0v) is 34.1. The van der Waals surface area contributed by atoms with Crippen molar-refractivity contribution in [1.29, 1.82) is 0 Å². The maximum Gasteiger partial charge on any atom is 0.242 e. The minimum absolute atomic E-state index is 0.00261. The number of aryl methyl sites for hydroxylation is 1. The number of nitrogens with one attached hydrogen (secondary N) is 2. The van der Waals surface area contributed by atoms with Crippen molar-refractivity contribution in [2.45, 2.75) is 62.6 Å². The number of para-hydroxylation sites is 1. The van der Waals surface area contributed by atoms with Crippen molar-refractivity contribution in [3.63, 3.8) is 0 Å². The Labute approximate surface area is 333 Å². The highest BCUT2D eigenvalue weighted by atomic mass is 35.5. The van der Waals surface area contributed by atoms with Crippen LogP contribution in [0.2, 0.25) is 5.02 Å². The predicted octanol–water partition coefficient (Wildman–Crippen LogP) is 7.15. The summed E-state index contributed by atoms with van der Waals surface area (Å²) in [6.07, 6.45) is 5.42. The van der Waals surface area contributed by atoms with E-state index < -0.39 is 53.4 Å². The van der Waals surface area contributed by atoms with Crippen molar-refractivity contribution >= 4 is 71.1 Å². The summed E-state index contributed by atoms with van der Waals surface area (Å²) >= 11 is 6.67. The van der Waals surface area contributed by atoms with Crippen LogP contribution in [0.15, 0.2) is 78.5 Å². The normalized spacial score (nSPS) is 14.6. The fourth-order valence-electron chi connectivity index (χ4n) is 7.03. The van der Waals surface area contributed by atoms with Gasteiger partial charge in [0.1, 0.15) is 18.2 Å². The van der Waals surface area contributed by atoms with Gasteiger partial charge >= 0.3 is 0 Å². The van der Waals surface area contributed by atoms with E-state index >= 15 is 0 Å². The molecule has 0 radical (unpaired) electrons. The third-order valence-corrected chi connectivity index (χ3v) is 14.3. The van der Waals surface area contributed by atoms with Gasteiger partial charge in [-0.3, -0.25) is 23.9 Å². The monoisotopic (exact) mass is 835 g/mol. The number of nitrogens with zero attached hydrogens (tertiary/aromatic N) is 5. The summed E-state index contributed by atoms with van der Waals surface area (Å²) < 4.78 is 85.1. The number of fused-ring (bicyclic) bond motifs is 2. The van der Waals surface area contributed by atoms with Crippen LogP contribution >= 0.6 is 11.6 Å². The highest BCUT2D eigenvalue weighted by Gasteiger charge is 2.47. The van der Waals surface area contributed by atoms with Crippen LogP contribution in [-0.2, 0) is 44.7 Å². The van der Waals surface area contributed by atoms with Crippen molar-refractivity contribution in [3.05, 3.63) is 112 Å². The largest absolute Gasteiger partial charge is 0.346 e. The van der Waals surface area contributed by atoms with Crippen LogP contribution in [0, 0.1) is 11.6 Å². The molecule has 12 nitrogen and oxygen atoms in total. The van der Waals surface area contributed by atoms with Gasteiger partial charge in [0.15, 0.2) is 15.7 Å². The molecule has 7 rings (SSSR count). The van der Waals surface area contributed by atoms with E-state index in [1.807, 2.05) is 24.3 Å². The topological polar surface area (TPSA) is 158 Å². The first-order chi connectivity index (χ1) is 26.8. The van der Waals surface area contributed by atoms with Gasteiger partial charge in [0.2, 0.25) is 15.9 Å². The van der Waals surface area contributed by atoms with E-state index in [9.17, 15) is 30.4 Å². The number of hydrogen-bond acceptors (Lipinski definition) is 8. The number of anilines is 1. The quantitative estimate of drug-likeness (QED) is 0.124. The van der Waals surface area contributed by atoms with Gasteiger partial charge in [-0.05, 0) is 82.0 Å². The molecular formula is C40H40ClF2N7O5S2. The Kier molecular flexibility index (Phi) is 10.5. The molecule has 57 heavy (non-hydrogen) atoms. The lowest BCUT2D eigenvalue weighted by atomic mass is 9.93. The van der Waals surface area contributed by atoms with Crippen molar-refractivity contribution in [1.82, 2.24) is 29.9 Å². The van der Waals surface area contributed by atoms with Crippen molar-refractivity contribution in [3.8, 4) is 11.1 Å². The number of hydrogen-bond donors (Lipinski definition) is 2. The first-order valence-electron chi connectivity index (χ1n) is 18.0. The average Bonchev–Trinajstić information content (AvgIpc) is 3.85. The number of halogens is 3. The second-order valence-corrected chi connectivity index (χ2v) is 19.8. The van der Waals surface area contributed by atoms with E-state index in [0.29, 0.717) is 46.1 Å². The van der Waals surface area contributed by atoms with Gasteiger partial charge < -0.3 is 5.32 Å². The van der Waals surface area contributed by atoms with Gasteiger partial charge in [-0.25, -0.2) is 25.6 Å². The minimum Gasteiger partial charge on any atom is -0.346 e. The van der Waals surface area contributed by atoms with Crippen molar-refractivity contribution < 1.29 is 30.4 Å². The van der Waals surface area contributed by atoms with Gasteiger partial charge in [-0.15, -0.1) is 0 Å². The molecule has 0 unspecified atom stereocenters. The third kappa shape index (κ3) is 8.16. The van der Waals surface area contributed by atoms with Gasteiger partial charge in [0, 0.05) is 29.6 Å². The number of pyridine rings is 1. The number of aromatic nitrogens is 5. The van der Waals surface area contributed by atoms with Gasteiger partial charge in [0.05, 0.1) is 61.3 Å². The molecule has 3 aromatic heterocycles. The second kappa shape index (κ2) is 15.0. The number of carbonyl (C=O) groups is 1. The fraction of sp³-hybridized carbons (Fsp3) is 0.300. The van der Waals surface area contributed by atoms with Crippen LogP contribution in [0.3, 0.4) is 0 Å². The standard InChI is InChI=1S/C40H40ClF2N7O5S2/c1-23(40(2,3)57(54,55)29-11-12-29)16-28-10-13-30(31-14-15-32(41)36-38(31)49(4)47-39(36)48-56(5,52)53)37(45-28)33(19-24-17-26(42)20-27(43)18-24)46-35(51)22-50-34-9-7-6-8-25(34)21-44-50/h6-10,13-18,20-21,29,33H,11-12,19,22H2,1-5H3,(H,46,51)(H,47,48)/t33-/m0/s1. The number of carbonyl (C=O) groups excluding carboxylic acids is 1. The lowest BCUT2D eigenvalue weighted by Crippen LogP contribution is -2.36. The molecule has 0 saturated heterocycles. The van der Waals surface area contributed by atoms with Crippen molar-refractivity contribution in [2.24, 2.45) is 7.05 Å². The third-order valence-electron chi connectivity index (χ3n) is 10.3. The number of sulfonamides is 1. The summed E-state index contributed by atoms with van der Waals surface area (Å²) in [7, 11) is -5.66. The number of rotatable bonds is 13. The summed E-state index contributed by atoms with van der Waals surface area (Å²) in [4.78, 5) is 19.0. The summed E-state index contributed by atoms with van der Waals surface area (Å²) in [5, 5.41) is 12.8. The molecule has 17 heteroatoms. The molecule has 0 bridgehead atoms. The van der Waals surface area contributed by atoms with Crippen LogP contribution < -0.4 is 10.0 Å². The molecule has 2 N–H and O–H groups in total. The first-order valence-corrected chi connectivity index (χ1v) is 21.9. The van der Waals surface area contributed by atoms with E-state index in [-0.39, 0.29) is 35.1 Å². The van der Waals surface area contributed by atoms with Gasteiger partial charge in [0.25, 0.3) is 0 Å². The molecule has 298 valence electrons. The zero-order valence-electron chi connectivity index (χ0n) is 31.7. The highest BCUT2D eigenvalue weighted by Crippen LogP contribution is 2.42. The average molecular weight is 836 g/mol.